The molecule has 3 rings (SSSR count). The van der Waals surface area contributed by atoms with E-state index in [-0.39, 0.29) is 0 Å². The zero-order valence-corrected chi connectivity index (χ0v) is 14.3. The summed E-state index contributed by atoms with van der Waals surface area (Å²) in [7, 11) is -3.58. The van der Waals surface area contributed by atoms with E-state index in [1.165, 1.54) is 11.3 Å². The molecule has 0 aliphatic heterocycles. The zero-order chi connectivity index (χ0) is 15.0. The van der Waals surface area contributed by atoms with Crippen LogP contribution in [0.25, 0.3) is 10.8 Å². The van der Waals surface area contributed by atoms with Gasteiger partial charge in [0.2, 0.25) is 0 Å². The molecule has 108 valence electrons. The fourth-order valence-electron chi connectivity index (χ4n) is 2.21. The van der Waals surface area contributed by atoms with E-state index in [0.717, 1.165) is 19.4 Å². The van der Waals surface area contributed by atoms with Crippen LogP contribution in [0.2, 0.25) is 0 Å². The van der Waals surface area contributed by atoms with Crippen molar-refractivity contribution in [2.24, 2.45) is 0 Å². The molecule has 0 amide bonds. The lowest BCUT2D eigenvalue weighted by Crippen LogP contribution is -2.13. The van der Waals surface area contributed by atoms with Gasteiger partial charge in [0.25, 0.3) is 10.0 Å². The van der Waals surface area contributed by atoms with Gasteiger partial charge in [-0.1, -0.05) is 36.4 Å². The second-order valence-corrected chi connectivity index (χ2v) is 8.89. The van der Waals surface area contributed by atoms with Gasteiger partial charge >= 0.3 is 0 Å². The van der Waals surface area contributed by atoms with Crippen LogP contribution in [0.1, 0.15) is 4.88 Å². The molecule has 3 aromatic rings. The molecule has 0 unspecified atom stereocenters. The average Bonchev–Trinajstić information content (AvgIpc) is 2.79. The monoisotopic (exact) mass is 381 g/mol. The van der Waals surface area contributed by atoms with Crippen LogP contribution in [-0.4, -0.2) is 8.42 Å². The van der Waals surface area contributed by atoms with Gasteiger partial charge in [0.05, 0.1) is 9.47 Å². The van der Waals surface area contributed by atoms with Crippen LogP contribution in [0, 0.1) is 6.92 Å². The molecule has 1 heterocycles. The fourth-order valence-corrected chi connectivity index (χ4v) is 5.71. The van der Waals surface area contributed by atoms with Crippen molar-refractivity contribution < 1.29 is 8.42 Å². The summed E-state index contributed by atoms with van der Waals surface area (Å²) >= 11 is 4.73. The largest absolute Gasteiger partial charge is 0.279 e. The predicted octanol–water partition coefficient (Wildman–Crippen LogP) is 4.77. The molecule has 0 radical (unpaired) electrons. The molecular formula is C15H12BrNO2S2. The molecule has 0 fully saturated rings. The standard InChI is InChI=1S/C15H12BrNO2S2/c1-10-14(9-15(16)20-10)21(18,19)17-13-8-4-6-11-5-2-3-7-12(11)13/h2-9,17H,1H3. The first kappa shape index (κ1) is 14.6. The molecule has 0 aliphatic carbocycles. The van der Waals surface area contributed by atoms with Gasteiger partial charge in [-0.05, 0) is 40.4 Å². The summed E-state index contributed by atoms with van der Waals surface area (Å²) in [6, 6.07) is 14.9. The van der Waals surface area contributed by atoms with Gasteiger partial charge in [0.1, 0.15) is 4.90 Å². The summed E-state index contributed by atoms with van der Waals surface area (Å²) in [5.41, 5.74) is 0.592. The first-order valence-corrected chi connectivity index (χ1v) is 9.33. The maximum absolute atomic E-state index is 12.6. The van der Waals surface area contributed by atoms with Crippen molar-refractivity contribution in [2.45, 2.75) is 11.8 Å². The zero-order valence-electron chi connectivity index (χ0n) is 11.1. The molecule has 0 bridgehead atoms. The maximum Gasteiger partial charge on any atom is 0.263 e. The Labute approximate surface area is 135 Å². The Morgan fingerprint density at radius 1 is 1.10 bits per heavy atom. The number of hydrogen-bond donors (Lipinski definition) is 1. The molecule has 6 heteroatoms. The average molecular weight is 382 g/mol. The number of anilines is 1. The molecule has 0 spiro atoms. The smallest absolute Gasteiger partial charge is 0.263 e. The van der Waals surface area contributed by atoms with Crippen LogP contribution in [0.15, 0.2) is 57.2 Å². The van der Waals surface area contributed by atoms with E-state index in [0.29, 0.717) is 10.6 Å². The van der Waals surface area contributed by atoms with Crippen molar-refractivity contribution in [3.05, 3.63) is 57.2 Å². The molecule has 1 aromatic heterocycles. The Balaban J connectivity index is 2.08. The predicted molar refractivity (Wildman–Crippen MR) is 91.5 cm³/mol. The number of halogens is 1. The Kier molecular flexibility index (Phi) is 3.77. The van der Waals surface area contributed by atoms with Crippen LogP contribution in [0.4, 0.5) is 5.69 Å². The third-order valence-corrected chi connectivity index (χ3v) is 6.34. The summed E-state index contributed by atoms with van der Waals surface area (Å²) in [5, 5.41) is 1.89. The summed E-state index contributed by atoms with van der Waals surface area (Å²) < 4.78 is 28.6. The van der Waals surface area contributed by atoms with Gasteiger partial charge in [-0.3, -0.25) is 4.72 Å². The molecule has 0 saturated heterocycles. The highest BCUT2D eigenvalue weighted by atomic mass is 79.9. The second kappa shape index (κ2) is 5.44. The number of fused-ring (bicyclic) bond motifs is 1. The van der Waals surface area contributed by atoms with Crippen molar-refractivity contribution >= 4 is 53.7 Å². The van der Waals surface area contributed by atoms with Crippen LogP contribution in [-0.2, 0) is 10.0 Å². The molecule has 21 heavy (non-hydrogen) atoms. The van der Waals surface area contributed by atoms with E-state index in [9.17, 15) is 8.42 Å². The molecule has 3 nitrogen and oxygen atoms in total. The Morgan fingerprint density at radius 2 is 1.81 bits per heavy atom. The summed E-state index contributed by atoms with van der Waals surface area (Å²) in [5.74, 6) is 0. The van der Waals surface area contributed by atoms with E-state index >= 15 is 0 Å². The Morgan fingerprint density at radius 3 is 2.52 bits per heavy atom. The van der Waals surface area contributed by atoms with Crippen molar-refractivity contribution in [3.8, 4) is 0 Å². The van der Waals surface area contributed by atoms with Crippen LogP contribution in [0.5, 0.6) is 0 Å². The van der Waals surface area contributed by atoms with Crippen molar-refractivity contribution in [3.63, 3.8) is 0 Å². The third kappa shape index (κ3) is 2.84. The van der Waals surface area contributed by atoms with Gasteiger partial charge in [0.15, 0.2) is 0 Å². The topological polar surface area (TPSA) is 46.2 Å². The van der Waals surface area contributed by atoms with E-state index < -0.39 is 10.0 Å². The Bertz CT molecular complexity index is 911. The molecule has 0 aliphatic rings. The molecule has 1 N–H and O–H groups in total. The SMILES string of the molecule is Cc1sc(Br)cc1S(=O)(=O)Nc1cccc2ccccc12. The van der Waals surface area contributed by atoms with Gasteiger partial charge in [0, 0.05) is 10.3 Å². The van der Waals surface area contributed by atoms with Crippen molar-refractivity contribution in [1.29, 1.82) is 0 Å². The first-order chi connectivity index (χ1) is 9.97. The number of hydrogen-bond acceptors (Lipinski definition) is 3. The van der Waals surface area contributed by atoms with Crippen molar-refractivity contribution in [1.82, 2.24) is 0 Å². The van der Waals surface area contributed by atoms with E-state index in [2.05, 4.69) is 20.7 Å². The van der Waals surface area contributed by atoms with Gasteiger partial charge in [-0.25, -0.2) is 8.42 Å². The molecule has 2 aromatic carbocycles. The minimum Gasteiger partial charge on any atom is -0.279 e. The number of sulfonamides is 1. The summed E-state index contributed by atoms with van der Waals surface area (Å²) in [4.78, 5) is 1.07. The highest BCUT2D eigenvalue weighted by Gasteiger charge is 2.20. The number of rotatable bonds is 3. The Hall–Kier alpha value is -1.37. The lowest BCUT2D eigenvalue weighted by atomic mass is 10.1. The fraction of sp³-hybridized carbons (Fsp3) is 0.0667. The van der Waals surface area contributed by atoms with E-state index in [1.54, 1.807) is 19.1 Å². The summed E-state index contributed by atoms with van der Waals surface area (Å²) in [6.45, 7) is 1.80. The minimum atomic E-state index is -3.58. The highest BCUT2D eigenvalue weighted by molar-refractivity contribution is 9.11. The second-order valence-electron chi connectivity index (χ2n) is 4.60. The maximum atomic E-state index is 12.6. The number of benzene rings is 2. The first-order valence-electron chi connectivity index (χ1n) is 6.24. The normalized spacial score (nSPS) is 11.7. The number of thiophene rings is 1. The van der Waals surface area contributed by atoms with Crippen LogP contribution < -0.4 is 4.72 Å². The highest BCUT2D eigenvalue weighted by Crippen LogP contribution is 2.32. The van der Waals surface area contributed by atoms with Gasteiger partial charge in [-0.15, -0.1) is 11.3 Å². The molecular weight excluding hydrogens is 370 g/mol. The van der Waals surface area contributed by atoms with E-state index in [4.69, 9.17) is 0 Å². The van der Waals surface area contributed by atoms with Crippen LogP contribution >= 0.6 is 27.3 Å². The third-order valence-electron chi connectivity index (χ3n) is 3.17. The number of aryl methyl sites for hydroxylation is 1. The van der Waals surface area contributed by atoms with Gasteiger partial charge in [-0.2, -0.15) is 0 Å². The molecule has 0 atom stereocenters. The quantitative estimate of drug-likeness (QED) is 0.709. The van der Waals surface area contributed by atoms with Crippen LogP contribution in [0.3, 0.4) is 0 Å². The summed E-state index contributed by atoms with van der Waals surface area (Å²) in [6.07, 6.45) is 0. The minimum absolute atomic E-state index is 0.312. The van der Waals surface area contributed by atoms with Crippen molar-refractivity contribution in [2.75, 3.05) is 4.72 Å². The number of nitrogens with one attached hydrogen (secondary N) is 1. The van der Waals surface area contributed by atoms with Gasteiger partial charge < -0.3 is 0 Å². The lowest BCUT2D eigenvalue weighted by Gasteiger charge is -2.10. The lowest BCUT2D eigenvalue weighted by molar-refractivity contribution is 0.601. The molecule has 0 saturated carbocycles. The van der Waals surface area contributed by atoms with E-state index in [1.807, 2.05) is 36.4 Å².